The first-order valence-corrected chi connectivity index (χ1v) is 11.4. The zero-order chi connectivity index (χ0) is 21.5. The van der Waals surface area contributed by atoms with Gasteiger partial charge in [-0.15, -0.1) is 0 Å². The Morgan fingerprint density at radius 3 is 1.55 bits per heavy atom. The number of hydrogen-bond acceptors (Lipinski definition) is 4. The molecule has 0 saturated heterocycles. The van der Waals surface area contributed by atoms with E-state index >= 15 is 0 Å². The van der Waals surface area contributed by atoms with Crippen molar-refractivity contribution in [3.63, 3.8) is 0 Å². The molecule has 6 heteroatoms. The zero-order valence-electron chi connectivity index (χ0n) is 17.6. The van der Waals surface area contributed by atoms with Crippen LogP contribution in [0, 0.1) is 35.5 Å². The first kappa shape index (κ1) is 20.2. The summed E-state index contributed by atoms with van der Waals surface area (Å²) in [6.07, 6.45) is 20.4. The molecule has 6 aliphatic rings. The van der Waals surface area contributed by atoms with Crippen molar-refractivity contribution >= 4 is 23.6 Å². The second-order valence-corrected chi connectivity index (χ2v) is 9.65. The smallest absolute Gasteiger partial charge is 0.253 e. The van der Waals surface area contributed by atoms with Crippen LogP contribution in [-0.2, 0) is 19.2 Å². The average molecular weight is 421 g/mol. The first-order chi connectivity index (χ1) is 15.0. The van der Waals surface area contributed by atoms with E-state index in [-0.39, 0.29) is 23.6 Å². The summed E-state index contributed by atoms with van der Waals surface area (Å²) in [5.74, 6) is 3.33. The van der Waals surface area contributed by atoms with Crippen molar-refractivity contribution < 1.29 is 19.2 Å². The van der Waals surface area contributed by atoms with E-state index in [2.05, 4.69) is 24.3 Å². The van der Waals surface area contributed by atoms with E-state index in [1.54, 1.807) is 0 Å². The lowest BCUT2D eigenvalue weighted by Crippen LogP contribution is -2.35. The summed E-state index contributed by atoms with van der Waals surface area (Å²) in [5.41, 5.74) is 0. The van der Waals surface area contributed by atoms with Crippen molar-refractivity contribution in [3.8, 4) is 0 Å². The molecule has 6 atom stereocenters. The molecule has 0 spiro atoms. The highest BCUT2D eigenvalue weighted by Gasteiger charge is 2.39. The van der Waals surface area contributed by atoms with Crippen molar-refractivity contribution in [2.24, 2.45) is 35.5 Å². The van der Waals surface area contributed by atoms with Crippen molar-refractivity contribution in [3.05, 3.63) is 48.6 Å². The van der Waals surface area contributed by atoms with Gasteiger partial charge in [0.2, 0.25) is 0 Å². The van der Waals surface area contributed by atoms with Gasteiger partial charge < -0.3 is 0 Å². The van der Waals surface area contributed by atoms with E-state index in [0.717, 1.165) is 18.8 Å². The molecule has 2 aliphatic heterocycles. The van der Waals surface area contributed by atoms with Gasteiger partial charge in [-0.1, -0.05) is 24.3 Å². The predicted octanol–water partition coefficient (Wildman–Crippen LogP) is 2.64. The lowest BCUT2D eigenvalue weighted by Gasteiger charge is -2.23. The van der Waals surface area contributed by atoms with Crippen molar-refractivity contribution in [2.45, 2.75) is 32.1 Å². The average Bonchev–Trinajstić information content (AvgIpc) is 3.59. The highest BCUT2D eigenvalue weighted by molar-refractivity contribution is 6.13. The third-order valence-electron chi connectivity index (χ3n) is 7.77. The predicted molar refractivity (Wildman–Crippen MR) is 114 cm³/mol. The molecule has 0 aromatic carbocycles. The van der Waals surface area contributed by atoms with Gasteiger partial charge in [0.15, 0.2) is 0 Å². The van der Waals surface area contributed by atoms with Gasteiger partial charge in [0, 0.05) is 37.4 Å². The highest BCUT2D eigenvalue weighted by atomic mass is 16.2. The number of carbonyl (C=O) groups excluding carboxylic acids is 4. The molecule has 6 nitrogen and oxygen atoms in total. The monoisotopic (exact) mass is 420 g/mol. The molecule has 0 radical (unpaired) electrons. The summed E-state index contributed by atoms with van der Waals surface area (Å²) in [7, 11) is 0. The molecule has 4 amide bonds. The van der Waals surface area contributed by atoms with Crippen LogP contribution >= 0.6 is 0 Å². The lowest BCUT2D eigenvalue weighted by molar-refractivity contribution is -0.138. The SMILES string of the molecule is O=C1C=CC(=O)N1CC1CC2C=CC1C2.O=C1C=CC(=O)N1CCC1CC2C=CC1C2. The Labute approximate surface area is 182 Å². The number of imide groups is 2. The Hall–Kier alpha value is -2.76. The maximum atomic E-state index is 11.4. The van der Waals surface area contributed by atoms with Crippen LogP contribution < -0.4 is 0 Å². The summed E-state index contributed by atoms with van der Waals surface area (Å²) < 4.78 is 0. The fourth-order valence-electron chi connectivity index (χ4n) is 6.12. The Balaban J connectivity index is 0.000000132. The third-order valence-corrected chi connectivity index (χ3v) is 7.77. The number of amides is 4. The quantitative estimate of drug-likeness (QED) is 0.506. The minimum absolute atomic E-state index is 0.147. The van der Waals surface area contributed by atoms with Crippen molar-refractivity contribution in [2.75, 3.05) is 13.1 Å². The Bertz CT molecular complexity index is 894. The van der Waals surface area contributed by atoms with E-state index in [4.69, 9.17) is 0 Å². The van der Waals surface area contributed by atoms with Gasteiger partial charge in [0.25, 0.3) is 23.6 Å². The molecule has 0 aromatic heterocycles. The maximum absolute atomic E-state index is 11.4. The Morgan fingerprint density at radius 1 is 0.613 bits per heavy atom. The van der Waals surface area contributed by atoms with Gasteiger partial charge in [0.1, 0.15) is 0 Å². The first-order valence-electron chi connectivity index (χ1n) is 11.4. The van der Waals surface area contributed by atoms with E-state index < -0.39 is 0 Å². The standard InChI is InChI=1S/C13H15NO2.C12H13NO2/c15-12-3-4-13(16)14(12)6-5-11-8-9-1-2-10(11)7-9;14-11-3-4-12(15)13(11)7-10-6-8-1-2-9(10)5-8/h1-4,9-11H,5-8H2;1-4,8-10H,5-7H2. The summed E-state index contributed by atoms with van der Waals surface area (Å²) >= 11 is 0. The van der Waals surface area contributed by atoms with E-state index in [9.17, 15) is 19.2 Å². The molecule has 0 aromatic rings. The van der Waals surface area contributed by atoms with E-state index in [1.165, 1.54) is 53.4 Å². The fourth-order valence-corrected chi connectivity index (χ4v) is 6.12. The Kier molecular flexibility index (Phi) is 5.24. The maximum Gasteiger partial charge on any atom is 0.253 e. The van der Waals surface area contributed by atoms with Crippen LogP contribution in [-0.4, -0.2) is 46.5 Å². The molecule has 31 heavy (non-hydrogen) atoms. The van der Waals surface area contributed by atoms with Crippen LogP contribution in [0.15, 0.2) is 48.6 Å². The van der Waals surface area contributed by atoms with Gasteiger partial charge in [-0.05, 0) is 67.6 Å². The van der Waals surface area contributed by atoms with Crippen LogP contribution in [0.2, 0.25) is 0 Å². The third kappa shape index (κ3) is 3.95. The van der Waals surface area contributed by atoms with Crippen LogP contribution in [0.1, 0.15) is 32.1 Å². The Morgan fingerprint density at radius 2 is 1.10 bits per heavy atom. The number of hydrogen-bond donors (Lipinski definition) is 0. The largest absolute Gasteiger partial charge is 0.275 e. The summed E-state index contributed by atoms with van der Waals surface area (Å²) in [4.78, 5) is 48.2. The van der Waals surface area contributed by atoms with E-state index in [0.29, 0.717) is 42.7 Å². The summed E-state index contributed by atoms with van der Waals surface area (Å²) in [6, 6.07) is 0. The summed E-state index contributed by atoms with van der Waals surface area (Å²) in [6.45, 7) is 1.20. The minimum atomic E-state index is -0.149. The molecular weight excluding hydrogens is 392 g/mol. The minimum Gasteiger partial charge on any atom is -0.275 e. The van der Waals surface area contributed by atoms with Crippen LogP contribution in [0.3, 0.4) is 0 Å². The number of carbonyl (C=O) groups is 4. The van der Waals surface area contributed by atoms with E-state index in [1.807, 2.05) is 0 Å². The molecule has 162 valence electrons. The molecule has 6 unspecified atom stereocenters. The van der Waals surface area contributed by atoms with Crippen LogP contribution in [0.5, 0.6) is 0 Å². The number of nitrogens with zero attached hydrogens (tertiary/aromatic N) is 2. The van der Waals surface area contributed by atoms with Crippen molar-refractivity contribution in [1.29, 1.82) is 0 Å². The lowest BCUT2D eigenvalue weighted by atomic mass is 9.90. The summed E-state index contributed by atoms with van der Waals surface area (Å²) in [5, 5.41) is 0. The topological polar surface area (TPSA) is 74.8 Å². The van der Waals surface area contributed by atoms with Gasteiger partial charge in [-0.25, -0.2) is 0 Å². The number of rotatable bonds is 5. The highest BCUT2D eigenvalue weighted by Crippen LogP contribution is 2.45. The molecule has 2 heterocycles. The number of allylic oxidation sites excluding steroid dienone is 4. The van der Waals surface area contributed by atoms with Gasteiger partial charge in [0.05, 0.1) is 0 Å². The molecule has 4 bridgehead atoms. The number of fused-ring (bicyclic) bond motifs is 4. The molecule has 2 fully saturated rings. The normalized spacial score (nSPS) is 36.5. The van der Waals surface area contributed by atoms with Gasteiger partial charge in [-0.2, -0.15) is 0 Å². The molecular formula is C25H28N2O4. The zero-order valence-corrected chi connectivity index (χ0v) is 17.6. The molecule has 6 rings (SSSR count). The molecule has 4 aliphatic carbocycles. The fraction of sp³-hybridized carbons (Fsp3) is 0.520. The second-order valence-electron chi connectivity index (χ2n) is 9.65. The van der Waals surface area contributed by atoms with Crippen molar-refractivity contribution in [1.82, 2.24) is 9.80 Å². The molecule has 2 saturated carbocycles. The van der Waals surface area contributed by atoms with Crippen LogP contribution in [0.25, 0.3) is 0 Å². The van der Waals surface area contributed by atoms with Gasteiger partial charge >= 0.3 is 0 Å². The van der Waals surface area contributed by atoms with Gasteiger partial charge in [-0.3, -0.25) is 29.0 Å². The van der Waals surface area contributed by atoms with Crippen LogP contribution in [0.4, 0.5) is 0 Å². The second kappa shape index (κ2) is 8.06. The molecule has 0 N–H and O–H groups in total.